The van der Waals surface area contributed by atoms with Gasteiger partial charge in [0.25, 0.3) is 6.29 Å². The topological polar surface area (TPSA) is 108 Å². The summed E-state index contributed by atoms with van der Waals surface area (Å²) in [6.07, 6.45) is 102. The van der Waals surface area contributed by atoms with Gasteiger partial charge in [0.15, 0.2) is 6.10 Å². The summed E-state index contributed by atoms with van der Waals surface area (Å²) < 4.78 is 23.1. The second-order valence-corrected chi connectivity index (χ2v) is 31.2. The van der Waals surface area contributed by atoms with Crippen molar-refractivity contribution in [3.63, 3.8) is 0 Å². The molecule has 98 heavy (non-hydrogen) atoms. The third-order valence-electron chi connectivity index (χ3n) is 20.1. The predicted molar refractivity (Wildman–Crippen MR) is 424 cm³/mol. The highest BCUT2D eigenvalue weighted by molar-refractivity contribution is 5.71. The number of rotatable bonds is 83. The highest BCUT2D eigenvalue weighted by Crippen LogP contribution is 2.21. The monoisotopic (exact) mass is 1380 g/mol. The molecule has 9 heteroatoms. The maximum absolute atomic E-state index is 13.0. The fourth-order valence-electron chi connectivity index (χ4n) is 13.5. The normalized spacial score (nSPS) is 12.7. The Bertz CT molecular complexity index is 1710. The van der Waals surface area contributed by atoms with Crippen LogP contribution in [0.2, 0.25) is 0 Å². The van der Waals surface area contributed by atoms with Crippen molar-refractivity contribution >= 4 is 17.9 Å². The molecular formula is C89H170NO8+. The van der Waals surface area contributed by atoms with E-state index >= 15 is 0 Å². The zero-order valence-corrected chi connectivity index (χ0v) is 66.5. The van der Waals surface area contributed by atoms with E-state index in [0.29, 0.717) is 17.4 Å². The number of allylic oxidation sites excluding steroid dienone is 6. The molecule has 0 aromatic carbocycles. The molecule has 0 fully saturated rings. The smallest absolute Gasteiger partial charge is 0.361 e. The van der Waals surface area contributed by atoms with Gasteiger partial charge in [0.1, 0.15) is 13.2 Å². The Morgan fingerprint density at radius 2 is 0.551 bits per heavy atom. The molecule has 0 aliphatic rings. The molecule has 0 amide bonds. The van der Waals surface area contributed by atoms with E-state index in [4.69, 9.17) is 18.9 Å². The number of quaternary nitrogens is 1. The highest BCUT2D eigenvalue weighted by atomic mass is 16.7. The van der Waals surface area contributed by atoms with Gasteiger partial charge in [-0.1, -0.05) is 429 Å². The molecular weight excluding hydrogens is 1210 g/mol. The first kappa shape index (κ1) is 95.5. The number of unbranched alkanes of at least 4 members (excludes halogenated alkanes) is 62. The Morgan fingerprint density at radius 1 is 0.306 bits per heavy atom. The van der Waals surface area contributed by atoms with Crippen LogP contribution in [0, 0.1) is 0 Å². The second-order valence-electron chi connectivity index (χ2n) is 31.2. The molecule has 0 rings (SSSR count). The second kappa shape index (κ2) is 80.2. The number of esters is 2. The van der Waals surface area contributed by atoms with Crippen LogP contribution in [-0.4, -0.2) is 87.4 Å². The van der Waals surface area contributed by atoms with Gasteiger partial charge in [0.2, 0.25) is 0 Å². The molecule has 0 radical (unpaired) electrons. The standard InChI is InChI=1S/C89H169NO8/c1-6-8-10-12-14-16-18-20-22-24-26-28-30-32-34-36-38-40-42-43-44-45-46-48-50-52-54-56-58-60-62-64-66-68-70-72-74-76-78-80-87(92)98-85(84-97-89(88(93)94)95-82-81-90(3,4)5)83-96-86(91)79-77-75-73-71-69-67-65-63-61-59-57-55-53-51-49-47-41-39-37-35-33-31-29-27-25-23-21-19-17-15-13-11-9-7-2/h18,20,24,26,30,32,85,89H,6-17,19,21-23,25,27-29,31,33-84H2,1-5H3/p+1/b20-18-,26-24-,32-30-. The Kier molecular flexibility index (Phi) is 78.2. The number of hydrogen-bond donors (Lipinski definition) is 1. The molecule has 1 N–H and O–H groups in total. The molecule has 0 saturated heterocycles. The summed E-state index contributed by atoms with van der Waals surface area (Å²) >= 11 is 0. The summed E-state index contributed by atoms with van der Waals surface area (Å²) in [5, 5.41) is 9.79. The molecule has 0 bridgehead atoms. The van der Waals surface area contributed by atoms with Crippen molar-refractivity contribution < 1.29 is 42.9 Å². The van der Waals surface area contributed by atoms with Crippen LogP contribution in [0.5, 0.6) is 0 Å². The minimum atomic E-state index is -1.51. The molecule has 578 valence electrons. The lowest BCUT2D eigenvalue weighted by Gasteiger charge is -2.25. The Hall–Kier alpha value is -2.49. The summed E-state index contributed by atoms with van der Waals surface area (Å²) in [5.74, 6) is -1.96. The molecule has 2 unspecified atom stereocenters. The molecule has 0 aromatic heterocycles. The van der Waals surface area contributed by atoms with Gasteiger partial charge in [-0.25, -0.2) is 4.79 Å². The Balaban J connectivity index is 3.91. The van der Waals surface area contributed by atoms with Crippen LogP contribution < -0.4 is 0 Å². The van der Waals surface area contributed by atoms with Crippen molar-refractivity contribution in [1.29, 1.82) is 0 Å². The van der Waals surface area contributed by atoms with Gasteiger partial charge in [-0.15, -0.1) is 0 Å². The summed E-state index contributed by atoms with van der Waals surface area (Å²) in [6.45, 7) is 4.96. The number of ether oxygens (including phenoxy) is 4. The van der Waals surface area contributed by atoms with Gasteiger partial charge in [0, 0.05) is 12.8 Å². The lowest BCUT2D eigenvalue weighted by atomic mass is 10.0. The van der Waals surface area contributed by atoms with Crippen LogP contribution in [0.3, 0.4) is 0 Å². The van der Waals surface area contributed by atoms with Gasteiger partial charge >= 0.3 is 17.9 Å². The SMILES string of the molecule is CCCCCCC/C=C\C/C=C\C/C=C\CCCCCCCCCCCCCCCCCCCCCCCCCCC(=O)OC(COC(=O)CCCCCCCCCCCCCCCCCCCCCCCCCCCCCCCCCCCC)COC(OCC[N+](C)(C)C)C(=O)O. The maximum Gasteiger partial charge on any atom is 0.361 e. The molecule has 2 atom stereocenters. The van der Waals surface area contributed by atoms with Gasteiger partial charge in [-0.05, 0) is 51.4 Å². The van der Waals surface area contributed by atoms with Crippen LogP contribution in [0.25, 0.3) is 0 Å². The van der Waals surface area contributed by atoms with Gasteiger partial charge < -0.3 is 28.5 Å². The van der Waals surface area contributed by atoms with Crippen LogP contribution >= 0.6 is 0 Å². The summed E-state index contributed by atoms with van der Waals surface area (Å²) in [7, 11) is 6.01. The Morgan fingerprint density at radius 3 is 0.816 bits per heavy atom. The maximum atomic E-state index is 13.0. The number of carbonyl (C=O) groups excluding carboxylic acids is 2. The molecule has 9 nitrogen and oxygen atoms in total. The minimum absolute atomic E-state index is 0.174. The van der Waals surface area contributed by atoms with Crippen molar-refractivity contribution in [3.8, 4) is 0 Å². The minimum Gasteiger partial charge on any atom is -0.477 e. The van der Waals surface area contributed by atoms with Gasteiger partial charge in [-0.3, -0.25) is 9.59 Å². The van der Waals surface area contributed by atoms with Crippen molar-refractivity contribution in [2.45, 2.75) is 469 Å². The zero-order chi connectivity index (χ0) is 71.1. The summed E-state index contributed by atoms with van der Waals surface area (Å²) in [5.41, 5.74) is 0. The lowest BCUT2D eigenvalue weighted by Crippen LogP contribution is -2.40. The fraction of sp³-hybridized carbons (Fsp3) is 0.899. The molecule has 0 aliphatic carbocycles. The van der Waals surface area contributed by atoms with E-state index in [2.05, 4.69) is 50.3 Å². The predicted octanol–water partition coefficient (Wildman–Crippen LogP) is 28.2. The average Bonchev–Trinajstić information content (AvgIpc) is 1.38. The largest absolute Gasteiger partial charge is 0.477 e. The number of likely N-dealkylation sites (N-methyl/N-ethyl adjacent to an activating group) is 1. The number of carboxylic acids is 1. The van der Waals surface area contributed by atoms with E-state index in [9.17, 15) is 19.5 Å². The van der Waals surface area contributed by atoms with Crippen LogP contribution in [0.15, 0.2) is 36.5 Å². The van der Waals surface area contributed by atoms with E-state index in [-0.39, 0.29) is 38.2 Å². The fourth-order valence-corrected chi connectivity index (χ4v) is 13.5. The lowest BCUT2D eigenvalue weighted by molar-refractivity contribution is -0.870. The third-order valence-corrected chi connectivity index (χ3v) is 20.1. The number of hydrogen-bond acceptors (Lipinski definition) is 7. The first-order valence-corrected chi connectivity index (χ1v) is 43.7. The van der Waals surface area contributed by atoms with Crippen molar-refractivity contribution in [1.82, 2.24) is 0 Å². The quantitative estimate of drug-likeness (QED) is 0.0211. The molecule has 0 aromatic rings. The van der Waals surface area contributed by atoms with Crippen molar-refractivity contribution in [2.24, 2.45) is 0 Å². The first-order valence-electron chi connectivity index (χ1n) is 43.7. The van der Waals surface area contributed by atoms with Gasteiger partial charge in [0.05, 0.1) is 34.4 Å². The van der Waals surface area contributed by atoms with E-state index in [0.717, 1.165) is 51.4 Å². The zero-order valence-electron chi connectivity index (χ0n) is 66.5. The van der Waals surface area contributed by atoms with Crippen molar-refractivity contribution in [2.75, 3.05) is 47.5 Å². The summed E-state index contributed by atoms with van der Waals surface area (Å²) in [4.78, 5) is 37.8. The molecule has 0 heterocycles. The Labute approximate surface area is 610 Å². The molecule has 0 saturated carbocycles. The molecule has 0 aliphatic heterocycles. The number of nitrogens with zero attached hydrogens (tertiary/aromatic N) is 1. The van der Waals surface area contributed by atoms with E-state index < -0.39 is 18.4 Å². The average molecular weight is 1380 g/mol. The van der Waals surface area contributed by atoms with Crippen LogP contribution in [0.1, 0.15) is 457 Å². The van der Waals surface area contributed by atoms with Crippen LogP contribution in [-0.2, 0) is 33.3 Å². The van der Waals surface area contributed by atoms with E-state index in [1.165, 1.54) is 379 Å². The molecule has 0 spiro atoms. The van der Waals surface area contributed by atoms with Crippen molar-refractivity contribution in [3.05, 3.63) is 36.5 Å². The summed E-state index contributed by atoms with van der Waals surface area (Å²) in [6, 6.07) is 0. The third kappa shape index (κ3) is 80.8. The number of carboxylic acid groups (broad SMARTS) is 1. The first-order chi connectivity index (χ1) is 48.1. The van der Waals surface area contributed by atoms with E-state index in [1.54, 1.807) is 0 Å². The number of carbonyl (C=O) groups is 3. The van der Waals surface area contributed by atoms with E-state index in [1.807, 2.05) is 21.1 Å². The van der Waals surface area contributed by atoms with Gasteiger partial charge in [-0.2, -0.15) is 0 Å². The number of aliphatic carboxylic acids is 1. The van der Waals surface area contributed by atoms with Crippen LogP contribution in [0.4, 0.5) is 0 Å². The highest BCUT2D eigenvalue weighted by Gasteiger charge is 2.25.